The van der Waals surface area contributed by atoms with Gasteiger partial charge in [0.1, 0.15) is 5.69 Å². The van der Waals surface area contributed by atoms with Gasteiger partial charge in [0.2, 0.25) is 0 Å². The predicted octanol–water partition coefficient (Wildman–Crippen LogP) is 4.76. The summed E-state index contributed by atoms with van der Waals surface area (Å²) in [7, 11) is 0. The molecular weight excluding hydrogens is 280 g/mol. The fourth-order valence-corrected chi connectivity index (χ4v) is 1.91. The standard InChI is InChI=1S/C16H18N4O2/c1-13(2)12-19(20(21)22)16-10-8-15(9-11-16)18-17-14-6-4-3-5-7-14/h3-11,13H,12H2,1-2H3. The van der Waals surface area contributed by atoms with Gasteiger partial charge in [-0.25, -0.2) is 10.1 Å². The van der Waals surface area contributed by atoms with Crippen LogP contribution in [-0.4, -0.2) is 11.6 Å². The summed E-state index contributed by atoms with van der Waals surface area (Å²) in [6.45, 7) is 4.25. The molecule has 0 aromatic heterocycles. The molecule has 0 spiro atoms. The summed E-state index contributed by atoms with van der Waals surface area (Å²) in [5.74, 6) is 0.197. The molecule has 0 unspecified atom stereocenters. The normalized spacial score (nSPS) is 11.0. The molecule has 2 aromatic carbocycles. The first-order valence-electron chi connectivity index (χ1n) is 7.05. The molecule has 114 valence electrons. The van der Waals surface area contributed by atoms with Crippen molar-refractivity contribution < 1.29 is 5.03 Å². The van der Waals surface area contributed by atoms with E-state index in [1.807, 2.05) is 44.2 Å². The van der Waals surface area contributed by atoms with Gasteiger partial charge in [-0.05, 0) is 42.3 Å². The van der Waals surface area contributed by atoms with Gasteiger partial charge in [0.15, 0.2) is 5.03 Å². The third-order valence-electron chi connectivity index (χ3n) is 2.92. The molecule has 0 fully saturated rings. The number of hydrazine groups is 1. The van der Waals surface area contributed by atoms with Crippen LogP contribution in [0, 0.1) is 16.0 Å². The molecule has 0 bridgehead atoms. The van der Waals surface area contributed by atoms with E-state index in [1.165, 1.54) is 0 Å². The Morgan fingerprint density at radius 3 is 2.05 bits per heavy atom. The van der Waals surface area contributed by atoms with Crippen LogP contribution in [0.1, 0.15) is 13.8 Å². The molecule has 6 heteroatoms. The molecule has 0 atom stereocenters. The molecular formula is C16H18N4O2. The quantitative estimate of drug-likeness (QED) is 0.438. The lowest BCUT2D eigenvalue weighted by Gasteiger charge is -2.16. The zero-order valence-corrected chi connectivity index (χ0v) is 12.6. The van der Waals surface area contributed by atoms with Gasteiger partial charge in [0.05, 0.1) is 17.9 Å². The van der Waals surface area contributed by atoms with Crippen molar-refractivity contribution in [3.63, 3.8) is 0 Å². The van der Waals surface area contributed by atoms with Gasteiger partial charge in [-0.1, -0.05) is 37.1 Å². The fraction of sp³-hybridized carbons (Fsp3) is 0.250. The highest BCUT2D eigenvalue weighted by Gasteiger charge is 2.18. The number of nitro groups is 1. The molecule has 0 amide bonds. The minimum atomic E-state index is -0.388. The first-order valence-corrected chi connectivity index (χ1v) is 7.05. The first-order chi connectivity index (χ1) is 10.6. The van der Waals surface area contributed by atoms with E-state index >= 15 is 0 Å². The lowest BCUT2D eigenvalue weighted by Crippen LogP contribution is -2.33. The lowest BCUT2D eigenvalue weighted by molar-refractivity contribution is -0.495. The van der Waals surface area contributed by atoms with Gasteiger partial charge in [-0.3, -0.25) is 0 Å². The van der Waals surface area contributed by atoms with Crippen LogP contribution in [0.15, 0.2) is 64.8 Å². The molecule has 0 saturated carbocycles. The third-order valence-corrected chi connectivity index (χ3v) is 2.92. The zero-order valence-electron chi connectivity index (χ0n) is 12.6. The van der Waals surface area contributed by atoms with Crippen LogP contribution in [0.5, 0.6) is 0 Å². The van der Waals surface area contributed by atoms with Crippen LogP contribution >= 0.6 is 0 Å². The number of benzene rings is 2. The molecule has 22 heavy (non-hydrogen) atoms. The van der Waals surface area contributed by atoms with Crippen LogP contribution in [0.4, 0.5) is 17.1 Å². The van der Waals surface area contributed by atoms with Crippen molar-refractivity contribution in [1.82, 2.24) is 0 Å². The molecule has 0 N–H and O–H groups in total. The molecule has 0 radical (unpaired) electrons. The number of nitrogens with zero attached hydrogens (tertiary/aromatic N) is 4. The van der Waals surface area contributed by atoms with Crippen LogP contribution in [0.2, 0.25) is 0 Å². The molecule has 2 aromatic rings. The summed E-state index contributed by atoms with van der Waals surface area (Å²) in [5, 5.41) is 20.1. The minimum absolute atomic E-state index is 0.197. The second-order valence-corrected chi connectivity index (χ2v) is 5.27. The van der Waals surface area contributed by atoms with Crippen molar-refractivity contribution in [3.8, 4) is 0 Å². The summed E-state index contributed by atoms with van der Waals surface area (Å²) < 4.78 is 0. The second kappa shape index (κ2) is 7.31. The summed E-state index contributed by atoms with van der Waals surface area (Å²) in [5.41, 5.74) is 1.95. The maximum Gasteiger partial charge on any atom is 0.165 e. The average molecular weight is 298 g/mol. The SMILES string of the molecule is CC(C)CN(c1ccc(N=Nc2ccccc2)cc1)[N+](=O)[O-]. The highest BCUT2D eigenvalue weighted by Crippen LogP contribution is 2.22. The van der Waals surface area contributed by atoms with E-state index in [0.29, 0.717) is 17.9 Å². The minimum Gasteiger partial charge on any atom is -0.234 e. The molecule has 6 nitrogen and oxygen atoms in total. The number of anilines is 1. The van der Waals surface area contributed by atoms with Crippen molar-refractivity contribution in [3.05, 3.63) is 64.7 Å². The fourth-order valence-electron chi connectivity index (χ4n) is 1.91. The van der Waals surface area contributed by atoms with E-state index in [9.17, 15) is 10.1 Å². The van der Waals surface area contributed by atoms with E-state index in [2.05, 4.69) is 10.2 Å². The monoisotopic (exact) mass is 298 g/mol. The topological polar surface area (TPSA) is 71.1 Å². The third kappa shape index (κ3) is 4.37. The van der Waals surface area contributed by atoms with Crippen molar-refractivity contribution in [2.45, 2.75) is 13.8 Å². The van der Waals surface area contributed by atoms with Crippen molar-refractivity contribution in [2.24, 2.45) is 16.1 Å². The number of hydrogen-bond donors (Lipinski definition) is 0. The maximum atomic E-state index is 11.1. The van der Waals surface area contributed by atoms with Gasteiger partial charge in [0, 0.05) is 0 Å². The Morgan fingerprint density at radius 2 is 1.55 bits per heavy atom. The van der Waals surface area contributed by atoms with Gasteiger partial charge in [0.25, 0.3) is 0 Å². The largest absolute Gasteiger partial charge is 0.234 e. The average Bonchev–Trinajstić information content (AvgIpc) is 2.52. The second-order valence-electron chi connectivity index (χ2n) is 5.27. The van der Waals surface area contributed by atoms with E-state index in [1.54, 1.807) is 24.3 Å². The van der Waals surface area contributed by atoms with Crippen molar-refractivity contribution in [2.75, 3.05) is 11.6 Å². The maximum absolute atomic E-state index is 11.1. The number of azo groups is 1. The molecule has 0 saturated heterocycles. The predicted molar refractivity (Wildman–Crippen MR) is 86.2 cm³/mol. The number of rotatable bonds is 6. The van der Waals surface area contributed by atoms with Gasteiger partial charge in [-0.2, -0.15) is 10.2 Å². The highest BCUT2D eigenvalue weighted by molar-refractivity contribution is 5.51. The Bertz CT molecular complexity index is 639. The van der Waals surface area contributed by atoms with Crippen LogP contribution in [0.25, 0.3) is 0 Å². The van der Waals surface area contributed by atoms with E-state index in [-0.39, 0.29) is 11.0 Å². The van der Waals surface area contributed by atoms with Crippen molar-refractivity contribution in [1.29, 1.82) is 0 Å². The van der Waals surface area contributed by atoms with Crippen LogP contribution in [0.3, 0.4) is 0 Å². The molecule has 0 aliphatic carbocycles. The van der Waals surface area contributed by atoms with E-state index in [4.69, 9.17) is 0 Å². The number of hydrogen-bond acceptors (Lipinski definition) is 4. The zero-order chi connectivity index (χ0) is 15.9. The van der Waals surface area contributed by atoms with Crippen LogP contribution in [-0.2, 0) is 0 Å². The summed E-state index contributed by atoms with van der Waals surface area (Å²) in [4.78, 5) is 11.1. The van der Waals surface area contributed by atoms with E-state index < -0.39 is 0 Å². The smallest absolute Gasteiger partial charge is 0.165 e. The Kier molecular flexibility index (Phi) is 5.19. The van der Waals surface area contributed by atoms with Gasteiger partial charge >= 0.3 is 0 Å². The van der Waals surface area contributed by atoms with E-state index in [0.717, 1.165) is 10.7 Å². The summed E-state index contributed by atoms with van der Waals surface area (Å²) >= 11 is 0. The lowest BCUT2D eigenvalue weighted by atomic mass is 10.2. The Hall–Kier alpha value is -2.76. The van der Waals surface area contributed by atoms with Crippen LogP contribution < -0.4 is 5.01 Å². The Balaban J connectivity index is 2.12. The van der Waals surface area contributed by atoms with Gasteiger partial charge < -0.3 is 0 Å². The summed E-state index contributed by atoms with van der Waals surface area (Å²) in [6.07, 6.45) is 0. The molecule has 0 aliphatic rings. The molecule has 0 aliphatic heterocycles. The molecule has 0 heterocycles. The van der Waals surface area contributed by atoms with Crippen molar-refractivity contribution >= 4 is 17.1 Å². The summed E-state index contributed by atoms with van der Waals surface area (Å²) in [6, 6.07) is 16.2. The van der Waals surface area contributed by atoms with Gasteiger partial charge in [-0.15, -0.1) is 0 Å². The Morgan fingerprint density at radius 1 is 1.00 bits per heavy atom. The Labute approximate surface area is 129 Å². The first kappa shape index (κ1) is 15.6. The molecule has 2 rings (SSSR count). The highest BCUT2D eigenvalue weighted by atomic mass is 16.7.